The van der Waals surface area contributed by atoms with Crippen LogP contribution in [0.3, 0.4) is 0 Å². The van der Waals surface area contributed by atoms with Gasteiger partial charge in [-0.2, -0.15) is 0 Å². The number of benzene rings is 2. The van der Waals surface area contributed by atoms with Gasteiger partial charge in [0.2, 0.25) is 5.91 Å². The number of carbonyl (C=O) groups is 1. The van der Waals surface area contributed by atoms with Gasteiger partial charge < -0.3 is 10.1 Å². The van der Waals surface area contributed by atoms with Crippen LogP contribution in [-0.2, 0) is 4.79 Å². The van der Waals surface area contributed by atoms with Crippen LogP contribution in [0.15, 0.2) is 72.1 Å². The highest BCUT2D eigenvalue weighted by molar-refractivity contribution is 7.99. The van der Waals surface area contributed by atoms with E-state index in [9.17, 15) is 4.79 Å². The van der Waals surface area contributed by atoms with E-state index in [0.717, 1.165) is 33.8 Å². The highest BCUT2D eigenvalue weighted by Gasteiger charge is 2.18. The number of aryl methyl sites for hydroxylation is 2. The number of anilines is 1. The molecule has 4 aromatic rings. The number of pyridine rings is 1. The highest BCUT2D eigenvalue weighted by Crippen LogP contribution is 2.29. The van der Waals surface area contributed by atoms with E-state index in [1.165, 1.54) is 11.8 Å². The molecule has 4 rings (SSSR count). The molecule has 0 atom stereocenters. The van der Waals surface area contributed by atoms with Crippen molar-refractivity contribution < 1.29 is 9.53 Å². The molecule has 0 saturated carbocycles. The zero-order chi connectivity index (χ0) is 23.2. The van der Waals surface area contributed by atoms with Gasteiger partial charge in [0.1, 0.15) is 5.75 Å². The number of nitrogens with zero attached hydrogens (tertiary/aromatic N) is 4. The Balaban J connectivity index is 1.60. The molecule has 0 saturated heterocycles. The Hall–Kier alpha value is -3.65. The predicted octanol–water partition coefficient (Wildman–Crippen LogP) is 5.08. The average molecular weight is 460 g/mol. The lowest BCUT2D eigenvalue weighted by atomic mass is 10.1. The van der Waals surface area contributed by atoms with E-state index in [0.29, 0.717) is 17.6 Å². The van der Waals surface area contributed by atoms with E-state index >= 15 is 0 Å². The summed E-state index contributed by atoms with van der Waals surface area (Å²) in [4.78, 5) is 16.9. The summed E-state index contributed by atoms with van der Waals surface area (Å²) in [6, 6.07) is 17.5. The van der Waals surface area contributed by atoms with Crippen LogP contribution in [0.1, 0.15) is 18.1 Å². The van der Waals surface area contributed by atoms with Crippen molar-refractivity contribution in [2.24, 2.45) is 0 Å². The molecular formula is C25H25N5O2S. The minimum absolute atomic E-state index is 0.0958. The van der Waals surface area contributed by atoms with Crippen molar-refractivity contribution in [3.05, 3.63) is 78.1 Å². The van der Waals surface area contributed by atoms with E-state index in [1.807, 2.05) is 79.9 Å². The molecule has 0 bridgehead atoms. The number of aromatic nitrogens is 4. The Morgan fingerprint density at radius 3 is 2.45 bits per heavy atom. The zero-order valence-electron chi connectivity index (χ0n) is 18.8. The summed E-state index contributed by atoms with van der Waals surface area (Å²) in [5, 5.41) is 12.4. The number of ether oxygens (including phenoxy) is 1. The van der Waals surface area contributed by atoms with Crippen molar-refractivity contribution in [1.82, 2.24) is 19.7 Å². The Bertz CT molecular complexity index is 1220. The third-order valence-corrected chi connectivity index (χ3v) is 5.97. The van der Waals surface area contributed by atoms with Crippen LogP contribution >= 0.6 is 11.8 Å². The molecule has 1 amide bonds. The molecular weight excluding hydrogens is 434 g/mol. The second-order valence-electron chi connectivity index (χ2n) is 7.41. The molecule has 33 heavy (non-hydrogen) atoms. The van der Waals surface area contributed by atoms with Crippen LogP contribution in [0.2, 0.25) is 0 Å². The molecule has 0 fully saturated rings. The number of hydrogen-bond acceptors (Lipinski definition) is 6. The molecule has 0 unspecified atom stereocenters. The zero-order valence-corrected chi connectivity index (χ0v) is 19.6. The maximum absolute atomic E-state index is 12.7. The second-order valence-corrected chi connectivity index (χ2v) is 8.36. The molecule has 0 aliphatic heterocycles. The topological polar surface area (TPSA) is 81.9 Å². The number of rotatable bonds is 8. The fourth-order valence-electron chi connectivity index (χ4n) is 3.45. The summed E-state index contributed by atoms with van der Waals surface area (Å²) in [7, 11) is 0. The second kappa shape index (κ2) is 10.3. The third kappa shape index (κ3) is 5.23. The molecule has 0 radical (unpaired) electrons. The lowest BCUT2D eigenvalue weighted by Crippen LogP contribution is -2.16. The van der Waals surface area contributed by atoms with Gasteiger partial charge >= 0.3 is 0 Å². The van der Waals surface area contributed by atoms with Crippen LogP contribution in [0.5, 0.6) is 5.75 Å². The van der Waals surface area contributed by atoms with Gasteiger partial charge in [-0.25, -0.2) is 0 Å². The summed E-state index contributed by atoms with van der Waals surface area (Å²) < 4.78 is 7.50. The summed E-state index contributed by atoms with van der Waals surface area (Å²) in [6.07, 6.45) is 3.46. The number of thioether (sulfide) groups is 1. The number of para-hydroxylation sites is 1. The fourth-order valence-corrected chi connectivity index (χ4v) is 4.21. The molecule has 0 aliphatic carbocycles. The lowest BCUT2D eigenvalue weighted by Gasteiger charge is -2.13. The van der Waals surface area contributed by atoms with E-state index in [2.05, 4.69) is 20.5 Å². The SMILES string of the molecule is CCOc1ccc(-n2c(SCC(=O)Nc3c(C)cccc3C)nnc2-c2cccnc2)cc1. The van der Waals surface area contributed by atoms with Gasteiger partial charge in [0, 0.05) is 29.3 Å². The molecule has 168 valence electrons. The van der Waals surface area contributed by atoms with Crippen molar-refractivity contribution in [1.29, 1.82) is 0 Å². The van der Waals surface area contributed by atoms with Crippen LogP contribution in [0.4, 0.5) is 5.69 Å². The summed E-state index contributed by atoms with van der Waals surface area (Å²) >= 11 is 1.34. The molecule has 8 heteroatoms. The highest BCUT2D eigenvalue weighted by atomic mass is 32.2. The van der Waals surface area contributed by atoms with Gasteiger partial charge in [-0.3, -0.25) is 14.3 Å². The van der Waals surface area contributed by atoms with Gasteiger partial charge in [0.15, 0.2) is 11.0 Å². The molecule has 2 aromatic heterocycles. The minimum Gasteiger partial charge on any atom is -0.494 e. The van der Waals surface area contributed by atoms with Crippen molar-refractivity contribution in [3.63, 3.8) is 0 Å². The quantitative estimate of drug-likeness (QED) is 0.370. The minimum atomic E-state index is -0.0958. The molecule has 2 heterocycles. The first-order chi connectivity index (χ1) is 16.1. The smallest absolute Gasteiger partial charge is 0.234 e. The van der Waals surface area contributed by atoms with E-state index in [1.54, 1.807) is 12.4 Å². The Morgan fingerprint density at radius 2 is 1.79 bits per heavy atom. The summed E-state index contributed by atoms with van der Waals surface area (Å²) in [6.45, 7) is 6.52. The van der Waals surface area contributed by atoms with Crippen molar-refractivity contribution in [2.45, 2.75) is 25.9 Å². The monoisotopic (exact) mass is 459 g/mol. The lowest BCUT2D eigenvalue weighted by molar-refractivity contribution is -0.113. The maximum atomic E-state index is 12.7. The summed E-state index contributed by atoms with van der Waals surface area (Å²) in [5.41, 5.74) is 4.63. The third-order valence-electron chi connectivity index (χ3n) is 5.04. The molecule has 1 N–H and O–H groups in total. The van der Waals surface area contributed by atoms with Crippen molar-refractivity contribution in [2.75, 3.05) is 17.7 Å². The van der Waals surface area contributed by atoms with Gasteiger partial charge in [-0.05, 0) is 68.3 Å². The molecule has 0 aliphatic rings. The molecule has 0 spiro atoms. The predicted molar refractivity (Wildman–Crippen MR) is 131 cm³/mol. The van der Waals surface area contributed by atoms with Gasteiger partial charge in [-0.15, -0.1) is 10.2 Å². The van der Waals surface area contributed by atoms with Crippen molar-refractivity contribution in [3.8, 4) is 22.8 Å². The van der Waals surface area contributed by atoms with E-state index < -0.39 is 0 Å². The number of amides is 1. The standard InChI is InChI=1S/C25H25N5O2S/c1-4-32-21-12-10-20(11-13-21)30-24(19-9-6-14-26-15-19)28-29-25(30)33-16-22(31)27-23-17(2)7-5-8-18(23)3/h5-15H,4,16H2,1-3H3,(H,27,31). The maximum Gasteiger partial charge on any atom is 0.234 e. The van der Waals surface area contributed by atoms with E-state index in [4.69, 9.17) is 4.74 Å². The molecule has 2 aromatic carbocycles. The first-order valence-electron chi connectivity index (χ1n) is 10.6. The molecule has 7 nitrogen and oxygen atoms in total. The van der Waals surface area contributed by atoms with Crippen LogP contribution in [-0.4, -0.2) is 38.0 Å². The Morgan fingerprint density at radius 1 is 1.03 bits per heavy atom. The Labute approximate surface area is 197 Å². The average Bonchev–Trinajstić information content (AvgIpc) is 3.25. The van der Waals surface area contributed by atoms with Crippen LogP contribution < -0.4 is 10.1 Å². The largest absolute Gasteiger partial charge is 0.494 e. The first-order valence-corrected chi connectivity index (χ1v) is 11.6. The number of carbonyl (C=O) groups excluding carboxylic acids is 1. The van der Waals surface area contributed by atoms with Crippen LogP contribution in [0.25, 0.3) is 17.1 Å². The number of hydrogen-bond donors (Lipinski definition) is 1. The van der Waals surface area contributed by atoms with Gasteiger partial charge in [0.25, 0.3) is 0 Å². The summed E-state index contributed by atoms with van der Waals surface area (Å²) in [5.74, 6) is 1.56. The van der Waals surface area contributed by atoms with Crippen molar-refractivity contribution >= 4 is 23.4 Å². The normalized spacial score (nSPS) is 10.8. The number of nitrogens with one attached hydrogen (secondary N) is 1. The van der Waals surface area contributed by atoms with Gasteiger partial charge in [-0.1, -0.05) is 30.0 Å². The first kappa shape index (κ1) is 22.5. The van der Waals surface area contributed by atoms with Gasteiger partial charge in [0.05, 0.1) is 12.4 Å². The fraction of sp³-hybridized carbons (Fsp3) is 0.200. The van der Waals surface area contributed by atoms with E-state index in [-0.39, 0.29) is 11.7 Å². The Kier molecular flexibility index (Phi) is 7.04. The van der Waals surface area contributed by atoms with Crippen LogP contribution in [0, 0.1) is 13.8 Å².